The molecule has 0 spiro atoms. The van der Waals surface area contributed by atoms with Crippen molar-refractivity contribution in [3.05, 3.63) is 33.2 Å². The van der Waals surface area contributed by atoms with Gasteiger partial charge in [0.05, 0.1) is 18.1 Å². The number of hydrogen-bond acceptors (Lipinski definition) is 7. The molecular formula is C17H18N2O3S3. The van der Waals surface area contributed by atoms with E-state index in [-0.39, 0.29) is 11.7 Å². The van der Waals surface area contributed by atoms with Crippen molar-refractivity contribution in [1.82, 2.24) is 9.55 Å². The predicted molar refractivity (Wildman–Crippen MR) is 104 cm³/mol. The van der Waals surface area contributed by atoms with Crippen molar-refractivity contribution in [2.45, 2.75) is 31.1 Å². The van der Waals surface area contributed by atoms with Gasteiger partial charge < -0.3 is 9.47 Å². The van der Waals surface area contributed by atoms with Crippen molar-refractivity contribution in [2.75, 3.05) is 19.2 Å². The Labute approximate surface area is 157 Å². The molecule has 0 radical (unpaired) electrons. The molecule has 25 heavy (non-hydrogen) atoms. The van der Waals surface area contributed by atoms with E-state index in [1.54, 1.807) is 27.7 Å². The average Bonchev–Trinajstić information content (AvgIpc) is 3.30. The second-order valence-corrected chi connectivity index (χ2v) is 8.46. The molecule has 5 nitrogen and oxygen atoms in total. The number of nitrogens with zero attached hydrogens (tertiary/aromatic N) is 2. The van der Waals surface area contributed by atoms with Crippen LogP contribution < -0.4 is 5.56 Å². The van der Waals surface area contributed by atoms with Gasteiger partial charge in [-0.3, -0.25) is 9.36 Å². The van der Waals surface area contributed by atoms with Gasteiger partial charge in [-0.2, -0.15) is 0 Å². The molecule has 1 aliphatic heterocycles. The molecule has 3 aromatic rings. The summed E-state index contributed by atoms with van der Waals surface area (Å²) < 4.78 is 12.6. The molecule has 132 valence electrons. The first kappa shape index (κ1) is 17.2. The van der Waals surface area contributed by atoms with E-state index in [9.17, 15) is 4.79 Å². The second-order valence-electron chi connectivity index (χ2n) is 5.67. The Bertz CT molecular complexity index is 911. The predicted octanol–water partition coefficient (Wildman–Crippen LogP) is 4.06. The first-order valence-corrected chi connectivity index (χ1v) is 10.9. The largest absolute Gasteiger partial charge is 0.355 e. The van der Waals surface area contributed by atoms with Crippen molar-refractivity contribution in [3.8, 4) is 10.4 Å². The van der Waals surface area contributed by atoms with Gasteiger partial charge in [-0.25, -0.2) is 4.98 Å². The molecule has 1 fully saturated rings. The lowest BCUT2D eigenvalue weighted by atomic mass is 10.2. The highest BCUT2D eigenvalue weighted by molar-refractivity contribution is 7.99. The van der Waals surface area contributed by atoms with Gasteiger partial charge in [0.15, 0.2) is 5.16 Å². The highest BCUT2D eigenvalue weighted by atomic mass is 32.2. The monoisotopic (exact) mass is 394 g/mol. The van der Waals surface area contributed by atoms with Crippen LogP contribution in [-0.2, 0) is 16.0 Å². The molecule has 0 saturated carbocycles. The summed E-state index contributed by atoms with van der Waals surface area (Å²) in [4.78, 5) is 19.8. The number of hydrogen-bond donors (Lipinski definition) is 0. The average molecular weight is 395 g/mol. The Morgan fingerprint density at radius 3 is 3.08 bits per heavy atom. The lowest BCUT2D eigenvalue weighted by Crippen LogP contribution is -2.27. The molecule has 8 heteroatoms. The van der Waals surface area contributed by atoms with E-state index < -0.39 is 0 Å². The summed E-state index contributed by atoms with van der Waals surface area (Å²) in [6, 6.07) is 4.06. The third kappa shape index (κ3) is 3.41. The van der Waals surface area contributed by atoms with Crippen LogP contribution in [0.2, 0.25) is 0 Å². The van der Waals surface area contributed by atoms with Gasteiger partial charge in [0.25, 0.3) is 5.56 Å². The highest BCUT2D eigenvalue weighted by Crippen LogP contribution is 2.34. The molecular weight excluding hydrogens is 376 g/mol. The van der Waals surface area contributed by atoms with Crippen LogP contribution >= 0.6 is 34.4 Å². The highest BCUT2D eigenvalue weighted by Gasteiger charge is 2.19. The smallest absolute Gasteiger partial charge is 0.263 e. The molecule has 0 amide bonds. The van der Waals surface area contributed by atoms with Crippen LogP contribution in [0.15, 0.2) is 32.8 Å². The van der Waals surface area contributed by atoms with E-state index in [0.717, 1.165) is 44.6 Å². The van der Waals surface area contributed by atoms with Crippen LogP contribution in [-0.4, -0.2) is 34.8 Å². The Hall–Kier alpha value is -1.19. The number of thioether (sulfide) groups is 1. The van der Waals surface area contributed by atoms with Gasteiger partial charge in [-0.05, 0) is 24.8 Å². The third-order valence-corrected chi connectivity index (χ3v) is 7.01. The van der Waals surface area contributed by atoms with Crippen molar-refractivity contribution in [1.29, 1.82) is 0 Å². The van der Waals surface area contributed by atoms with Crippen molar-refractivity contribution in [3.63, 3.8) is 0 Å². The first-order chi connectivity index (χ1) is 12.3. The molecule has 0 unspecified atom stereocenters. The van der Waals surface area contributed by atoms with Crippen LogP contribution in [0.3, 0.4) is 0 Å². The van der Waals surface area contributed by atoms with Gasteiger partial charge in [0.2, 0.25) is 0 Å². The van der Waals surface area contributed by atoms with E-state index in [1.165, 1.54) is 11.3 Å². The van der Waals surface area contributed by atoms with Gasteiger partial charge in [0, 0.05) is 28.1 Å². The van der Waals surface area contributed by atoms with E-state index in [0.29, 0.717) is 13.3 Å². The van der Waals surface area contributed by atoms with E-state index in [4.69, 9.17) is 14.5 Å². The lowest BCUT2D eigenvalue weighted by Gasteiger charge is -2.22. The van der Waals surface area contributed by atoms with Gasteiger partial charge >= 0.3 is 0 Å². The van der Waals surface area contributed by atoms with Crippen LogP contribution in [0, 0.1) is 0 Å². The Morgan fingerprint density at radius 2 is 2.36 bits per heavy atom. The fourth-order valence-corrected chi connectivity index (χ4v) is 5.74. The third-order valence-electron chi connectivity index (χ3n) is 4.13. The number of fused-ring (bicyclic) bond motifs is 1. The molecule has 3 aromatic heterocycles. The van der Waals surface area contributed by atoms with Crippen molar-refractivity contribution in [2.24, 2.45) is 0 Å². The van der Waals surface area contributed by atoms with Gasteiger partial charge in [-0.15, -0.1) is 22.7 Å². The van der Waals surface area contributed by atoms with Crippen LogP contribution in [0.1, 0.15) is 13.3 Å². The first-order valence-electron chi connectivity index (χ1n) is 8.16. The standard InChI is InChI=1S/C17H18N2O3S3/c1-2-19-16(20)14-12(13-4-3-7-23-13)9-24-15(14)18-17(19)25-8-11-5-6-21-10-22-11/h3-4,7,9,11H,2,5-6,8,10H2,1H3/t11-/m1/s1. The number of ether oxygens (including phenoxy) is 2. The summed E-state index contributed by atoms with van der Waals surface area (Å²) in [5, 5.41) is 5.58. The Balaban J connectivity index is 1.69. The second kappa shape index (κ2) is 7.59. The van der Waals surface area contributed by atoms with Crippen LogP contribution in [0.25, 0.3) is 20.7 Å². The normalized spacial score (nSPS) is 18.0. The fraction of sp³-hybridized carbons (Fsp3) is 0.412. The van der Waals surface area contributed by atoms with E-state index in [2.05, 4.69) is 0 Å². The van der Waals surface area contributed by atoms with Crippen molar-refractivity contribution < 1.29 is 9.47 Å². The molecule has 0 bridgehead atoms. The Kier molecular flexibility index (Phi) is 5.23. The van der Waals surface area contributed by atoms with Crippen LogP contribution in [0.4, 0.5) is 0 Å². The SMILES string of the molecule is CCn1c(SC[C@H]2CCOCO2)nc2scc(-c3cccs3)c2c1=O. The number of aromatic nitrogens is 2. The summed E-state index contributed by atoms with van der Waals surface area (Å²) in [7, 11) is 0. The zero-order chi connectivity index (χ0) is 17.2. The molecule has 1 atom stereocenters. The van der Waals surface area contributed by atoms with E-state index >= 15 is 0 Å². The summed E-state index contributed by atoms with van der Waals surface area (Å²) in [6.07, 6.45) is 1.04. The molecule has 4 rings (SSSR count). The summed E-state index contributed by atoms with van der Waals surface area (Å²) in [5.74, 6) is 0.782. The van der Waals surface area contributed by atoms with Gasteiger partial charge in [0.1, 0.15) is 11.6 Å². The Morgan fingerprint density at radius 1 is 1.44 bits per heavy atom. The van der Waals surface area contributed by atoms with Gasteiger partial charge in [-0.1, -0.05) is 17.8 Å². The topological polar surface area (TPSA) is 53.4 Å². The maximum Gasteiger partial charge on any atom is 0.263 e. The molecule has 1 aliphatic rings. The molecule has 4 heterocycles. The summed E-state index contributed by atoms with van der Waals surface area (Å²) in [6.45, 7) is 3.68. The summed E-state index contributed by atoms with van der Waals surface area (Å²) in [5.41, 5.74) is 1.05. The minimum atomic E-state index is 0.0487. The van der Waals surface area contributed by atoms with Crippen LogP contribution in [0.5, 0.6) is 0 Å². The maximum absolute atomic E-state index is 13.1. The van der Waals surface area contributed by atoms with E-state index in [1.807, 2.05) is 29.8 Å². The zero-order valence-corrected chi connectivity index (χ0v) is 16.2. The minimum Gasteiger partial charge on any atom is -0.355 e. The van der Waals surface area contributed by atoms with Crippen molar-refractivity contribution >= 4 is 44.7 Å². The zero-order valence-electron chi connectivity index (χ0n) is 13.8. The minimum absolute atomic E-state index is 0.0487. The summed E-state index contributed by atoms with van der Waals surface area (Å²) >= 11 is 4.78. The maximum atomic E-state index is 13.1. The number of rotatable bonds is 5. The molecule has 1 saturated heterocycles. The molecule has 0 aliphatic carbocycles. The fourth-order valence-electron chi connectivity index (χ4n) is 2.81. The molecule has 0 N–H and O–H groups in total. The molecule has 0 aromatic carbocycles. The lowest BCUT2D eigenvalue weighted by molar-refractivity contribution is -0.130. The quantitative estimate of drug-likeness (QED) is 0.482. The number of thiophene rings is 2.